The largest absolute Gasteiger partial charge is 0.254 e. The van der Waals surface area contributed by atoms with Gasteiger partial charge in [0.25, 0.3) is 6.33 Å². The van der Waals surface area contributed by atoms with Crippen LogP contribution >= 0.6 is 0 Å². The van der Waals surface area contributed by atoms with Crippen molar-refractivity contribution in [2.45, 2.75) is 71.6 Å². The average Bonchev–Trinajstić information content (AvgIpc) is 3.52. The highest BCUT2D eigenvalue weighted by molar-refractivity contribution is 5.60. The molecule has 0 bridgehead atoms. The van der Waals surface area contributed by atoms with E-state index in [0.717, 1.165) is 6.42 Å². The van der Waals surface area contributed by atoms with E-state index >= 15 is 0 Å². The Bertz CT molecular complexity index is 2250. The third-order valence-corrected chi connectivity index (χ3v) is 11.7. The molecule has 7 aromatic rings. The molecular weight excluding hydrogens is 629 g/mol. The summed E-state index contributed by atoms with van der Waals surface area (Å²) < 4.78 is 5.11. The van der Waals surface area contributed by atoms with Crippen molar-refractivity contribution in [3.63, 3.8) is 0 Å². The molecule has 0 aliphatic carbocycles. The third-order valence-electron chi connectivity index (χ3n) is 11.7. The van der Waals surface area contributed by atoms with Crippen LogP contribution in [0.2, 0.25) is 0 Å². The second kappa shape index (κ2) is 13.9. The lowest BCUT2D eigenvalue weighted by Crippen LogP contribution is -2.41. The first-order chi connectivity index (χ1) is 25.3. The van der Waals surface area contributed by atoms with Crippen LogP contribution in [-0.4, -0.2) is 4.57 Å². The smallest absolute Gasteiger partial charge is 0.199 e. The van der Waals surface area contributed by atoms with Crippen LogP contribution in [0, 0.1) is 20.8 Å². The molecule has 0 spiro atoms. The highest BCUT2D eigenvalue weighted by Gasteiger charge is 2.38. The Balaban J connectivity index is 1.41. The van der Waals surface area contributed by atoms with Crippen LogP contribution in [0.4, 0.5) is 0 Å². The first-order valence-electron chi connectivity index (χ1n) is 18.9. The van der Waals surface area contributed by atoms with Crippen LogP contribution < -0.4 is 4.57 Å². The number of benzene rings is 6. The van der Waals surface area contributed by atoms with Crippen molar-refractivity contribution in [3.05, 3.63) is 219 Å². The van der Waals surface area contributed by atoms with E-state index in [1.807, 2.05) is 0 Å². The zero-order chi connectivity index (χ0) is 35.9. The Labute approximate surface area is 310 Å². The maximum atomic E-state index is 2.56. The molecule has 4 atom stereocenters. The highest BCUT2D eigenvalue weighted by Crippen LogP contribution is 2.43. The van der Waals surface area contributed by atoms with Gasteiger partial charge in [-0.3, -0.25) is 0 Å². The molecule has 258 valence electrons. The van der Waals surface area contributed by atoms with Crippen LogP contribution in [-0.2, 0) is 6.42 Å². The third kappa shape index (κ3) is 6.01. The van der Waals surface area contributed by atoms with Crippen molar-refractivity contribution >= 4 is 0 Å². The Morgan fingerprint density at radius 1 is 0.538 bits per heavy atom. The molecule has 1 aliphatic heterocycles. The average molecular weight is 678 g/mol. The van der Waals surface area contributed by atoms with Crippen LogP contribution in [0.3, 0.4) is 0 Å². The lowest BCUT2D eigenvalue weighted by atomic mass is 9.79. The van der Waals surface area contributed by atoms with Crippen LogP contribution in [0.25, 0.3) is 11.4 Å². The van der Waals surface area contributed by atoms with Crippen molar-refractivity contribution in [3.8, 4) is 11.4 Å². The number of rotatable bonds is 8. The summed E-state index contributed by atoms with van der Waals surface area (Å²) in [7, 11) is 0. The molecule has 2 heterocycles. The zero-order valence-electron chi connectivity index (χ0n) is 31.3. The quantitative estimate of drug-likeness (QED) is 0.142. The van der Waals surface area contributed by atoms with E-state index in [2.05, 4.69) is 203 Å². The van der Waals surface area contributed by atoms with Gasteiger partial charge in [0.1, 0.15) is 17.1 Å². The Morgan fingerprint density at radius 3 is 1.46 bits per heavy atom. The zero-order valence-corrected chi connectivity index (χ0v) is 31.3. The lowest BCUT2D eigenvalue weighted by Gasteiger charge is -2.28. The van der Waals surface area contributed by atoms with Crippen molar-refractivity contribution in [1.82, 2.24) is 4.57 Å². The van der Waals surface area contributed by atoms with Gasteiger partial charge in [0.05, 0.1) is 0 Å². The second-order valence-electron chi connectivity index (χ2n) is 15.0. The van der Waals surface area contributed by atoms with E-state index in [-0.39, 0.29) is 23.7 Å². The first-order valence-corrected chi connectivity index (χ1v) is 18.9. The minimum Gasteiger partial charge on any atom is -0.199 e. The molecule has 1 aliphatic rings. The minimum atomic E-state index is 0.210. The lowest BCUT2D eigenvalue weighted by molar-refractivity contribution is -0.607. The summed E-state index contributed by atoms with van der Waals surface area (Å²) in [4.78, 5) is 0. The SMILES string of the molecule is Cc1cc([C@H](C)c2ccccc2)c(-n2c[n+]3c(c2C)C[C@H](c2ccccc2)c2cc(C)cc([C@H](C)c4ccccc4)c2-3)c([C@H](C)c2ccccc2)c1. The molecule has 6 aromatic carbocycles. The molecule has 0 N–H and O–H groups in total. The van der Waals surface area contributed by atoms with Crippen molar-refractivity contribution < 1.29 is 4.57 Å². The number of aryl methyl sites for hydroxylation is 2. The molecule has 0 saturated heterocycles. The predicted molar refractivity (Wildman–Crippen MR) is 215 cm³/mol. The number of imidazole rings is 1. The minimum absolute atomic E-state index is 0.210. The number of fused-ring (bicyclic) bond motifs is 3. The molecule has 0 fully saturated rings. The van der Waals surface area contributed by atoms with Crippen LogP contribution in [0.15, 0.2) is 152 Å². The van der Waals surface area contributed by atoms with E-state index in [1.54, 1.807) is 0 Å². The van der Waals surface area contributed by atoms with Gasteiger partial charge >= 0.3 is 0 Å². The van der Waals surface area contributed by atoms with Gasteiger partial charge in [0, 0.05) is 59.3 Å². The maximum absolute atomic E-state index is 2.56. The standard InChI is InChI=1S/C50H49N2/c1-33-27-43(35(3)39-19-11-7-12-20-39)49(44(28-33)36(4)40-21-13-8-14-22-40)51-32-52-48(38(51)6)31-46(42-25-17-10-18-26-42)47-30-34(2)29-45(50(47)52)37(5)41-23-15-9-16-24-41/h7-30,32,35-37,46H,31H2,1-6H3/q+1/t35-,36-,37-,46-/m1/s1. The van der Waals surface area contributed by atoms with Gasteiger partial charge < -0.3 is 0 Å². The van der Waals surface area contributed by atoms with Gasteiger partial charge in [-0.05, 0) is 36.1 Å². The molecule has 0 unspecified atom stereocenters. The molecule has 0 radical (unpaired) electrons. The molecule has 52 heavy (non-hydrogen) atoms. The highest BCUT2D eigenvalue weighted by atomic mass is 15.2. The maximum Gasteiger partial charge on any atom is 0.254 e. The monoisotopic (exact) mass is 677 g/mol. The predicted octanol–water partition coefficient (Wildman–Crippen LogP) is 11.8. The van der Waals surface area contributed by atoms with Crippen molar-refractivity contribution in [2.75, 3.05) is 0 Å². The Morgan fingerprint density at radius 2 is 0.962 bits per heavy atom. The number of nitrogens with zero attached hydrogens (tertiary/aromatic N) is 2. The summed E-state index contributed by atoms with van der Waals surface area (Å²) in [5.74, 6) is 0.913. The van der Waals surface area contributed by atoms with Crippen LogP contribution in [0.1, 0.15) is 111 Å². The summed E-state index contributed by atoms with van der Waals surface area (Å²) in [5.41, 5.74) is 18.8. The number of hydrogen-bond donors (Lipinski definition) is 0. The van der Waals surface area contributed by atoms with Gasteiger partial charge in [0.15, 0.2) is 5.69 Å². The molecule has 2 heteroatoms. The Hall–Kier alpha value is -5.47. The summed E-state index contributed by atoms with van der Waals surface area (Å²) in [5, 5.41) is 0. The van der Waals surface area contributed by atoms with E-state index in [0.29, 0.717) is 0 Å². The van der Waals surface area contributed by atoms with Gasteiger partial charge in [-0.2, -0.15) is 9.13 Å². The Kier molecular flexibility index (Phi) is 9.01. The second-order valence-corrected chi connectivity index (χ2v) is 15.0. The molecular formula is C50H49N2+. The van der Waals surface area contributed by atoms with Gasteiger partial charge in [0.2, 0.25) is 0 Å². The first kappa shape index (κ1) is 33.7. The van der Waals surface area contributed by atoms with Gasteiger partial charge in [-0.1, -0.05) is 177 Å². The van der Waals surface area contributed by atoms with Gasteiger partial charge in [-0.25, -0.2) is 0 Å². The van der Waals surface area contributed by atoms with Crippen molar-refractivity contribution in [2.24, 2.45) is 0 Å². The summed E-state index contributed by atoms with van der Waals surface area (Å²) in [6, 6.07) is 54.0. The topological polar surface area (TPSA) is 8.81 Å². The van der Waals surface area contributed by atoms with Crippen LogP contribution in [0.5, 0.6) is 0 Å². The summed E-state index contributed by atoms with van der Waals surface area (Å²) in [6.07, 6.45) is 3.37. The molecule has 0 saturated carbocycles. The van der Waals surface area contributed by atoms with Crippen molar-refractivity contribution in [1.29, 1.82) is 0 Å². The molecule has 0 amide bonds. The normalized spacial score (nSPS) is 15.4. The summed E-state index contributed by atoms with van der Waals surface area (Å²) in [6.45, 7) is 14.0. The van der Waals surface area contributed by atoms with Gasteiger partial charge in [-0.15, -0.1) is 0 Å². The fraction of sp³-hybridized carbons (Fsp3) is 0.220. The van der Waals surface area contributed by atoms with E-state index in [1.165, 1.54) is 78.4 Å². The fourth-order valence-corrected chi connectivity index (χ4v) is 8.78. The number of aromatic nitrogens is 2. The number of hydrogen-bond acceptors (Lipinski definition) is 0. The fourth-order valence-electron chi connectivity index (χ4n) is 8.78. The summed E-state index contributed by atoms with van der Waals surface area (Å²) >= 11 is 0. The van der Waals surface area contributed by atoms with E-state index in [4.69, 9.17) is 0 Å². The molecule has 1 aromatic heterocycles. The molecule has 2 nitrogen and oxygen atoms in total. The molecule has 8 rings (SSSR count). The van der Waals surface area contributed by atoms with E-state index in [9.17, 15) is 0 Å². The van der Waals surface area contributed by atoms with E-state index < -0.39 is 0 Å².